The van der Waals surface area contributed by atoms with E-state index in [-0.39, 0.29) is 0 Å². The van der Waals surface area contributed by atoms with Gasteiger partial charge in [-0.1, -0.05) is 40.7 Å². The van der Waals surface area contributed by atoms with E-state index in [4.69, 9.17) is 22.5 Å². The number of nitrogens with zero attached hydrogens (tertiary/aromatic N) is 1. The van der Waals surface area contributed by atoms with Crippen LogP contribution in [0, 0.1) is 0 Å². The molecule has 0 aromatic heterocycles. The van der Waals surface area contributed by atoms with E-state index in [1.54, 1.807) is 0 Å². The predicted octanol–water partition coefficient (Wildman–Crippen LogP) is 3.83. The topological polar surface area (TPSA) is 3.24 Å². The second-order valence-electron chi connectivity index (χ2n) is 2.07. The minimum absolute atomic E-state index is 1.05. The normalized spacial score (nSPS) is 10.2. The van der Waals surface area contributed by atoms with Crippen LogP contribution in [0.4, 0.5) is 5.69 Å². The standard InChI is InChI=1S/C7H8Cl2NP/c1-10(11(8)9)7-5-3-2-4-6-7/h2-6H,1H3. The van der Waals surface area contributed by atoms with Crippen molar-refractivity contribution < 1.29 is 0 Å². The van der Waals surface area contributed by atoms with Gasteiger partial charge in [-0.3, -0.25) is 0 Å². The summed E-state index contributed by atoms with van der Waals surface area (Å²) in [6.07, 6.45) is 0. The quantitative estimate of drug-likeness (QED) is 0.667. The van der Waals surface area contributed by atoms with Crippen LogP contribution in [-0.4, -0.2) is 7.05 Å². The number of hydrogen-bond acceptors (Lipinski definition) is 1. The summed E-state index contributed by atoms with van der Waals surface area (Å²) in [6, 6.07) is 9.82. The molecule has 0 heterocycles. The van der Waals surface area contributed by atoms with Crippen molar-refractivity contribution >= 4 is 34.9 Å². The molecule has 0 bridgehead atoms. The summed E-state index contributed by atoms with van der Waals surface area (Å²) in [7, 11) is 1.88. The van der Waals surface area contributed by atoms with Crippen LogP contribution >= 0.6 is 29.3 Å². The summed E-state index contributed by atoms with van der Waals surface area (Å²) < 4.78 is 1.85. The van der Waals surface area contributed by atoms with Crippen molar-refractivity contribution in [2.45, 2.75) is 0 Å². The molecule has 0 amide bonds. The molecule has 0 atom stereocenters. The summed E-state index contributed by atoms with van der Waals surface area (Å²) in [5.41, 5.74) is 1.05. The Bertz CT molecular complexity index is 215. The Labute approximate surface area is 77.3 Å². The maximum atomic E-state index is 5.72. The first-order valence-electron chi connectivity index (χ1n) is 3.12. The fourth-order valence-electron chi connectivity index (χ4n) is 0.731. The third-order valence-electron chi connectivity index (χ3n) is 1.36. The van der Waals surface area contributed by atoms with E-state index in [0.29, 0.717) is 0 Å². The number of para-hydroxylation sites is 1. The lowest BCUT2D eigenvalue weighted by Crippen LogP contribution is -2.03. The minimum Gasteiger partial charge on any atom is -0.329 e. The fraction of sp³-hybridized carbons (Fsp3) is 0.143. The molecule has 1 rings (SSSR count). The van der Waals surface area contributed by atoms with Crippen molar-refractivity contribution in [1.29, 1.82) is 0 Å². The van der Waals surface area contributed by atoms with Gasteiger partial charge < -0.3 is 4.67 Å². The van der Waals surface area contributed by atoms with E-state index < -0.39 is 6.78 Å². The molecule has 0 unspecified atom stereocenters. The summed E-state index contributed by atoms with van der Waals surface area (Å²) in [4.78, 5) is 0. The van der Waals surface area contributed by atoms with Gasteiger partial charge in [-0.05, 0) is 12.1 Å². The Balaban J connectivity index is 2.77. The zero-order valence-corrected chi connectivity index (χ0v) is 8.44. The van der Waals surface area contributed by atoms with Gasteiger partial charge in [0, 0.05) is 12.7 Å². The first kappa shape index (κ1) is 9.12. The van der Waals surface area contributed by atoms with Gasteiger partial charge in [0.25, 0.3) is 0 Å². The summed E-state index contributed by atoms with van der Waals surface area (Å²) in [6.45, 7) is -1.06. The molecule has 0 radical (unpaired) electrons. The third-order valence-corrected chi connectivity index (χ3v) is 3.40. The number of hydrogen-bond donors (Lipinski definition) is 0. The van der Waals surface area contributed by atoms with Crippen LogP contribution in [0.5, 0.6) is 0 Å². The molecule has 60 valence electrons. The molecule has 1 aromatic carbocycles. The van der Waals surface area contributed by atoms with E-state index in [0.717, 1.165) is 5.69 Å². The lowest BCUT2D eigenvalue weighted by molar-refractivity contribution is 1.36. The Morgan fingerprint density at radius 3 is 2.18 bits per heavy atom. The number of halogens is 2. The SMILES string of the molecule is CN(c1ccccc1)P(Cl)Cl. The van der Waals surface area contributed by atoms with Gasteiger partial charge in [0.1, 0.15) is 0 Å². The average Bonchev–Trinajstić information content (AvgIpc) is 2.05. The molecule has 0 aliphatic rings. The number of benzene rings is 1. The van der Waals surface area contributed by atoms with Crippen LogP contribution in [0.2, 0.25) is 0 Å². The molecule has 0 saturated heterocycles. The van der Waals surface area contributed by atoms with Crippen LogP contribution in [0.15, 0.2) is 30.3 Å². The molecule has 1 aromatic rings. The maximum Gasteiger partial charge on any atom is 0.187 e. The van der Waals surface area contributed by atoms with Gasteiger partial charge in [-0.2, -0.15) is 0 Å². The number of rotatable bonds is 2. The number of anilines is 1. The fourth-order valence-corrected chi connectivity index (χ4v) is 1.56. The van der Waals surface area contributed by atoms with Gasteiger partial charge in [0.15, 0.2) is 6.78 Å². The summed E-state index contributed by atoms with van der Waals surface area (Å²) in [5, 5.41) is 0. The van der Waals surface area contributed by atoms with Crippen molar-refractivity contribution in [1.82, 2.24) is 0 Å². The van der Waals surface area contributed by atoms with Crippen LogP contribution in [0.25, 0.3) is 0 Å². The molecule has 0 N–H and O–H groups in total. The van der Waals surface area contributed by atoms with E-state index in [1.807, 2.05) is 42.0 Å². The molecule has 0 aliphatic carbocycles. The van der Waals surface area contributed by atoms with E-state index in [1.165, 1.54) is 0 Å². The molecule has 4 heteroatoms. The third kappa shape index (κ3) is 2.52. The highest BCUT2D eigenvalue weighted by molar-refractivity contribution is 8.04. The molecular weight excluding hydrogens is 200 g/mol. The first-order valence-corrected chi connectivity index (χ1v) is 6.22. The Hall–Kier alpha value is 0.0300. The van der Waals surface area contributed by atoms with Gasteiger partial charge in [-0.25, -0.2) is 0 Å². The molecule has 0 saturated carbocycles. The van der Waals surface area contributed by atoms with Crippen LogP contribution in [0.3, 0.4) is 0 Å². The van der Waals surface area contributed by atoms with Gasteiger partial charge in [-0.15, -0.1) is 0 Å². The molecule has 1 nitrogen and oxygen atoms in total. The average molecular weight is 208 g/mol. The minimum atomic E-state index is -1.06. The van der Waals surface area contributed by atoms with Crippen molar-refractivity contribution in [2.75, 3.05) is 11.7 Å². The largest absolute Gasteiger partial charge is 0.329 e. The molecule has 0 aliphatic heterocycles. The summed E-state index contributed by atoms with van der Waals surface area (Å²) >= 11 is 11.4. The van der Waals surface area contributed by atoms with Crippen LogP contribution < -0.4 is 4.67 Å². The van der Waals surface area contributed by atoms with E-state index >= 15 is 0 Å². The van der Waals surface area contributed by atoms with Gasteiger partial charge >= 0.3 is 0 Å². The van der Waals surface area contributed by atoms with Gasteiger partial charge in [0.2, 0.25) is 0 Å². The smallest absolute Gasteiger partial charge is 0.187 e. The lowest BCUT2D eigenvalue weighted by Gasteiger charge is -2.18. The molecule has 0 fully saturated rings. The second-order valence-corrected chi connectivity index (χ2v) is 5.54. The van der Waals surface area contributed by atoms with Crippen molar-refractivity contribution in [3.8, 4) is 0 Å². The van der Waals surface area contributed by atoms with Crippen molar-refractivity contribution in [3.63, 3.8) is 0 Å². The summed E-state index contributed by atoms with van der Waals surface area (Å²) in [5.74, 6) is 0. The van der Waals surface area contributed by atoms with Crippen molar-refractivity contribution in [3.05, 3.63) is 30.3 Å². The molecule has 11 heavy (non-hydrogen) atoms. The maximum absolute atomic E-state index is 5.72. The predicted molar refractivity (Wildman–Crippen MR) is 53.5 cm³/mol. The Kier molecular flexibility index (Phi) is 3.45. The second kappa shape index (κ2) is 4.15. The zero-order chi connectivity index (χ0) is 8.27. The Morgan fingerprint density at radius 1 is 1.18 bits per heavy atom. The molecule has 0 spiro atoms. The highest BCUT2D eigenvalue weighted by Crippen LogP contribution is 2.51. The monoisotopic (exact) mass is 207 g/mol. The van der Waals surface area contributed by atoms with E-state index in [2.05, 4.69) is 0 Å². The van der Waals surface area contributed by atoms with E-state index in [9.17, 15) is 0 Å². The zero-order valence-electron chi connectivity index (χ0n) is 6.04. The Morgan fingerprint density at radius 2 is 1.73 bits per heavy atom. The highest BCUT2D eigenvalue weighted by Gasteiger charge is 2.07. The van der Waals surface area contributed by atoms with Crippen LogP contribution in [-0.2, 0) is 0 Å². The van der Waals surface area contributed by atoms with Crippen LogP contribution in [0.1, 0.15) is 0 Å². The lowest BCUT2D eigenvalue weighted by atomic mass is 10.3. The first-order chi connectivity index (χ1) is 5.22. The molecular formula is C7H8Cl2NP. The highest BCUT2D eigenvalue weighted by atomic mass is 35.9. The van der Waals surface area contributed by atoms with Gasteiger partial charge in [0.05, 0.1) is 0 Å². The van der Waals surface area contributed by atoms with Crippen molar-refractivity contribution in [2.24, 2.45) is 0 Å².